The molecule has 2 atom stereocenters. The van der Waals surface area contributed by atoms with E-state index >= 15 is 0 Å². The molecule has 1 aromatic rings. The SMILES string of the molecule is COC(=O)[C@@H](NCC(O)COCc1ccccc1)C(C)C. The molecule has 0 aromatic heterocycles. The number of aliphatic hydroxyl groups is 1. The highest BCUT2D eigenvalue weighted by Crippen LogP contribution is 2.04. The monoisotopic (exact) mass is 295 g/mol. The first-order valence-electron chi connectivity index (χ1n) is 7.15. The van der Waals surface area contributed by atoms with Crippen LogP contribution in [0.15, 0.2) is 30.3 Å². The molecule has 0 saturated heterocycles. The summed E-state index contributed by atoms with van der Waals surface area (Å²) in [6, 6.07) is 9.36. The third-order valence-corrected chi connectivity index (χ3v) is 3.12. The number of carbonyl (C=O) groups excluding carboxylic acids is 1. The van der Waals surface area contributed by atoms with Gasteiger partial charge in [0.1, 0.15) is 6.04 Å². The first-order valence-corrected chi connectivity index (χ1v) is 7.15. The molecule has 21 heavy (non-hydrogen) atoms. The number of methoxy groups -OCH3 is 1. The zero-order chi connectivity index (χ0) is 15.7. The molecule has 0 bridgehead atoms. The van der Waals surface area contributed by atoms with Crippen LogP contribution in [-0.2, 0) is 20.9 Å². The molecular formula is C16H25NO4. The number of carbonyl (C=O) groups is 1. The molecule has 118 valence electrons. The highest BCUT2D eigenvalue weighted by molar-refractivity contribution is 5.75. The largest absolute Gasteiger partial charge is 0.468 e. The van der Waals surface area contributed by atoms with Gasteiger partial charge in [0.15, 0.2) is 0 Å². The minimum absolute atomic E-state index is 0.0925. The highest BCUT2D eigenvalue weighted by Gasteiger charge is 2.23. The minimum Gasteiger partial charge on any atom is -0.468 e. The van der Waals surface area contributed by atoms with Gasteiger partial charge in [-0.15, -0.1) is 0 Å². The summed E-state index contributed by atoms with van der Waals surface area (Å²) in [7, 11) is 1.36. The Morgan fingerprint density at radius 1 is 1.29 bits per heavy atom. The number of aliphatic hydroxyl groups excluding tert-OH is 1. The van der Waals surface area contributed by atoms with E-state index < -0.39 is 12.1 Å². The molecule has 2 N–H and O–H groups in total. The van der Waals surface area contributed by atoms with E-state index in [-0.39, 0.29) is 25.0 Å². The molecule has 0 fully saturated rings. The Morgan fingerprint density at radius 2 is 1.95 bits per heavy atom. The maximum Gasteiger partial charge on any atom is 0.323 e. The zero-order valence-corrected chi connectivity index (χ0v) is 12.9. The van der Waals surface area contributed by atoms with Crippen LogP contribution in [0.1, 0.15) is 19.4 Å². The van der Waals surface area contributed by atoms with Gasteiger partial charge in [-0.05, 0) is 11.5 Å². The molecule has 0 amide bonds. The lowest BCUT2D eigenvalue weighted by Crippen LogP contribution is -2.45. The van der Waals surface area contributed by atoms with Gasteiger partial charge >= 0.3 is 5.97 Å². The second kappa shape index (κ2) is 9.50. The summed E-state index contributed by atoms with van der Waals surface area (Å²) >= 11 is 0. The van der Waals surface area contributed by atoms with Crippen molar-refractivity contribution in [1.29, 1.82) is 0 Å². The molecule has 5 heteroatoms. The van der Waals surface area contributed by atoms with Crippen LogP contribution in [0.4, 0.5) is 0 Å². The van der Waals surface area contributed by atoms with Crippen molar-refractivity contribution in [1.82, 2.24) is 5.32 Å². The van der Waals surface area contributed by atoms with Crippen LogP contribution in [-0.4, -0.2) is 43.5 Å². The van der Waals surface area contributed by atoms with Crippen molar-refractivity contribution in [2.45, 2.75) is 32.6 Å². The van der Waals surface area contributed by atoms with E-state index in [0.29, 0.717) is 6.61 Å². The summed E-state index contributed by atoms with van der Waals surface area (Å²) in [5, 5.41) is 12.9. The van der Waals surface area contributed by atoms with E-state index in [9.17, 15) is 9.90 Å². The van der Waals surface area contributed by atoms with Gasteiger partial charge in [0, 0.05) is 6.54 Å². The van der Waals surface area contributed by atoms with Gasteiger partial charge in [-0.1, -0.05) is 44.2 Å². The molecule has 0 aliphatic rings. The van der Waals surface area contributed by atoms with Crippen LogP contribution in [0.25, 0.3) is 0 Å². The van der Waals surface area contributed by atoms with Crippen LogP contribution in [0, 0.1) is 5.92 Å². The summed E-state index contributed by atoms with van der Waals surface area (Å²) in [4.78, 5) is 11.6. The molecule has 0 saturated carbocycles. The van der Waals surface area contributed by atoms with Gasteiger partial charge < -0.3 is 19.9 Å². The number of ether oxygens (including phenoxy) is 2. The fraction of sp³-hybridized carbons (Fsp3) is 0.562. The van der Waals surface area contributed by atoms with E-state index in [1.54, 1.807) is 0 Å². The number of rotatable bonds is 9. The quantitative estimate of drug-likeness (QED) is 0.673. The van der Waals surface area contributed by atoms with Gasteiger partial charge in [-0.25, -0.2) is 0 Å². The standard InChI is InChI=1S/C16H25NO4/c1-12(2)15(16(19)20-3)17-9-14(18)11-21-10-13-7-5-4-6-8-13/h4-8,12,14-15,17-18H,9-11H2,1-3H3/t14?,15-/m0/s1. The maximum atomic E-state index is 11.6. The first kappa shape index (κ1) is 17.6. The Labute approximate surface area is 126 Å². The smallest absolute Gasteiger partial charge is 0.323 e. The van der Waals surface area contributed by atoms with Crippen molar-refractivity contribution < 1.29 is 19.4 Å². The summed E-state index contributed by atoms with van der Waals surface area (Å²) < 4.78 is 10.2. The summed E-state index contributed by atoms with van der Waals surface area (Å²) in [6.07, 6.45) is -0.667. The number of esters is 1. The fourth-order valence-electron chi connectivity index (χ4n) is 1.93. The van der Waals surface area contributed by atoms with Crippen molar-refractivity contribution in [2.75, 3.05) is 20.3 Å². The molecule has 0 spiro atoms. The molecular weight excluding hydrogens is 270 g/mol. The lowest BCUT2D eigenvalue weighted by Gasteiger charge is -2.21. The normalized spacial score (nSPS) is 14.0. The van der Waals surface area contributed by atoms with Crippen molar-refractivity contribution in [3.63, 3.8) is 0 Å². The molecule has 0 radical (unpaired) electrons. The Hall–Kier alpha value is -1.43. The van der Waals surface area contributed by atoms with Crippen LogP contribution >= 0.6 is 0 Å². The molecule has 0 aliphatic carbocycles. The second-order valence-electron chi connectivity index (χ2n) is 5.31. The van der Waals surface area contributed by atoms with E-state index in [1.165, 1.54) is 7.11 Å². The summed E-state index contributed by atoms with van der Waals surface area (Å²) in [5.41, 5.74) is 1.06. The number of hydrogen-bond donors (Lipinski definition) is 2. The molecule has 5 nitrogen and oxygen atoms in total. The van der Waals surface area contributed by atoms with Crippen LogP contribution in [0.5, 0.6) is 0 Å². The lowest BCUT2D eigenvalue weighted by atomic mass is 10.0. The maximum absolute atomic E-state index is 11.6. The number of benzene rings is 1. The van der Waals surface area contributed by atoms with Gasteiger partial charge in [0.25, 0.3) is 0 Å². The van der Waals surface area contributed by atoms with E-state index in [0.717, 1.165) is 5.56 Å². The summed E-state index contributed by atoms with van der Waals surface area (Å²) in [5.74, 6) is -0.225. The van der Waals surface area contributed by atoms with Gasteiger partial charge in [-0.3, -0.25) is 4.79 Å². The van der Waals surface area contributed by atoms with Crippen molar-refractivity contribution >= 4 is 5.97 Å². The first-order chi connectivity index (χ1) is 10.0. The Bertz CT molecular complexity index is 408. The van der Waals surface area contributed by atoms with E-state index in [4.69, 9.17) is 9.47 Å². The lowest BCUT2D eigenvalue weighted by molar-refractivity contribution is -0.144. The van der Waals surface area contributed by atoms with Crippen LogP contribution in [0.3, 0.4) is 0 Å². The topological polar surface area (TPSA) is 67.8 Å². The van der Waals surface area contributed by atoms with Crippen molar-refractivity contribution in [3.05, 3.63) is 35.9 Å². The number of nitrogens with one attached hydrogen (secondary N) is 1. The van der Waals surface area contributed by atoms with E-state index in [1.807, 2.05) is 44.2 Å². The summed E-state index contributed by atoms with van der Waals surface area (Å²) in [6.45, 7) is 4.81. The van der Waals surface area contributed by atoms with Crippen LogP contribution in [0.2, 0.25) is 0 Å². The average molecular weight is 295 g/mol. The molecule has 1 rings (SSSR count). The van der Waals surface area contributed by atoms with Gasteiger partial charge in [0.2, 0.25) is 0 Å². The predicted octanol–water partition coefficient (Wildman–Crippen LogP) is 1.35. The second-order valence-corrected chi connectivity index (χ2v) is 5.31. The molecule has 1 unspecified atom stereocenters. The molecule has 0 heterocycles. The highest BCUT2D eigenvalue weighted by atomic mass is 16.5. The Balaban J connectivity index is 2.26. The average Bonchev–Trinajstić information content (AvgIpc) is 2.47. The Morgan fingerprint density at radius 3 is 2.52 bits per heavy atom. The minimum atomic E-state index is -0.667. The van der Waals surface area contributed by atoms with Crippen LogP contribution < -0.4 is 5.32 Å². The number of hydrogen-bond acceptors (Lipinski definition) is 5. The fourth-order valence-corrected chi connectivity index (χ4v) is 1.93. The van der Waals surface area contributed by atoms with Gasteiger partial charge in [0.05, 0.1) is 26.4 Å². The Kier molecular flexibility index (Phi) is 7.97. The molecule has 1 aromatic carbocycles. The third-order valence-electron chi connectivity index (χ3n) is 3.12. The van der Waals surface area contributed by atoms with Crippen molar-refractivity contribution in [3.8, 4) is 0 Å². The predicted molar refractivity (Wildman–Crippen MR) is 80.7 cm³/mol. The van der Waals surface area contributed by atoms with Crippen molar-refractivity contribution in [2.24, 2.45) is 5.92 Å². The molecule has 0 aliphatic heterocycles. The van der Waals surface area contributed by atoms with Gasteiger partial charge in [-0.2, -0.15) is 0 Å². The van der Waals surface area contributed by atoms with E-state index in [2.05, 4.69) is 5.32 Å². The zero-order valence-electron chi connectivity index (χ0n) is 12.9. The third kappa shape index (κ3) is 6.71.